The van der Waals surface area contributed by atoms with Crippen LogP contribution in [0.25, 0.3) is 0 Å². The summed E-state index contributed by atoms with van der Waals surface area (Å²) in [6.07, 6.45) is 3.80. The van der Waals surface area contributed by atoms with Crippen LogP contribution in [-0.4, -0.2) is 57.1 Å². The molecule has 0 aliphatic rings. The maximum Gasteiger partial charge on any atom is 0.244 e. The SMILES string of the molecule is CCCCNC(=O)[C@@H](CC)N(CCc1ccccc1)C(=O)CN(c1cc(Cl)ccc1C)S(C)(=O)=O. The number of sulfonamides is 1. The van der Waals surface area contributed by atoms with Crippen LogP contribution in [0.15, 0.2) is 48.5 Å². The Hall–Kier alpha value is -2.58. The predicted molar refractivity (Wildman–Crippen MR) is 142 cm³/mol. The minimum Gasteiger partial charge on any atom is -0.354 e. The normalized spacial score (nSPS) is 12.1. The van der Waals surface area contributed by atoms with E-state index in [1.165, 1.54) is 11.0 Å². The molecule has 0 radical (unpaired) electrons. The Bertz CT molecular complexity index is 1090. The van der Waals surface area contributed by atoms with E-state index in [0.29, 0.717) is 35.7 Å². The highest BCUT2D eigenvalue weighted by Gasteiger charge is 2.31. The summed E-state index contributed by atoms with van der Waals surface area (Å²) in [7, 11) is -3.80. The van der Waals surface area contributed by atoms with Crippen LogP contribution in [0.5, 0.6) is 0 Å². The number of amides is 2. The standard InChI is InChI=1S/C26H36ClN3O4S/c1-5-7-16-28-26(32)23(6-2)29(17-15-21-11-9-8-10-12-21)25(31)19-30(35(4,33)34)24-18-22(27)14-13-20(24)3/h8-14,18,23H,5-7,15-17,19H2,1-4H3,(H,28,32)/t23-/m1/s1. The van der Waals surface area contributed by atoms with Crippen molar-refractivity contribution in [3.8, 4) is 0 Å². The predicted octanol–water partition coefficient (Wildman–Crippen LogP) is 4.18. The minimum absolute atomic E-state index is 0.229. The number of unbranched alkanes of at least 4 members (excludes halogenated alkanes) is 1. The van der Waals surface area contributed by atoms with Gasteiger partial charge in [-0.3, -0.25) is 13.9 Å². The topological polar surface area (TPSA) is 86.8 Å². The zero-order valence-electron chi connectivity index (χ0n) is 21.0. The van der Waals surface area contributed by atoms with Crippen LogP contribution >= 0.6 is 11.6 Å². The second-order valence-electron chi connectivity index (χ2n) is 8.59. The van der Waals surface area contributed by atoms with E-state index in [4.69, 9.17) is 11.6 Å². The average molecular weight is 522 g/mol. The fraction of sp³-hybridized carbons (Fsp3) is 0.462. The molecule has 0 aliphatic heterocycles. The lowest BCUT2D eigenvalue weighted by Crippen LogP contribution is -2.53. The Kier molecular flexibility index (Phi) is 11.0. The van der Waals surface area contributed by atoms with Crippen LogP contribution in [0, 0.1) is 6.92 Å². The minimum atomic E-state index is -3.80. The average Bonchev–Trinajstić information content (AvgIpc) is 2.81. The lowest BCUT2D eigenvalue weighted by Gasteiger charge is -2.33. The highest BCUT2D eigenvalue weighted by Crippen LogP contribution is 2.26. The van der Waals surface area contributed by atoms with Crippen molar-refractivity contribution in [1.82, 2.24) is 10.2 Å². The fourth-order valence-corrected chi connectivity index (χ4v) is 4.91. The molecular weight excluding hydrogens is 486 g/mol. The van der Waals surface area contributed by atoms with Crippen LogP contribution in [-0.2, 0) is 26.0 Å². The quantitative estimate of drug-likeness (QED) is 0.400. The molecule has 0 saturated heterocycles. The molecule has 35 heavy (non-hydrogen) atoms. The smallest absolute Gasteiger partial charge is 0.244 e. The van der Waals surface area contributed by atoms with Gasteiger partial charge in [0.1, 0.15) is 12.6 Å². The molecule has 9 heteroatoms. The summed E-state index contributed by atoms with van der Waals surface area (Å²) in [5.74, 6) is -0.671. The summed E-state index contributed by atoms with van der Waals surface area (Å²) in [6, 6.07) is 13.9. The van der Waals surface area contributed by atoms with Gasteiger partial charge < -0.3 is 10.2 Å². The van der Waals surface area contributed by atoms with Gasteiger partial charge in [0.25, 0.3) is 0 Å². The van der Waals surface area contributed by atoms with Gasteiger partial charge in [0.05, 0.1) is 11.9 Å². The van der Waals surface area contributed by atoms with E-state index >= 15 is 0 Å². The first kappa shape index (κ1) is 28.7. The molecule has 192 valence electrons. The van der Waals surface area contributed by atoms with Crippen LogP contribution in [0.4, 0.5) is 5.69 Å². The molecule has 0 fully saturated rings. The first-order valence-corrected chi connectivity index (χ1v) is 14.2. The van der Waals surface area contributed by atoms with Gasteiger partial charge in [-0.15, -0.1) is 0 Å². The zero-order chi connectivity index (χ0) is 26.0. The van der Waals surface area contributed by atoms with Crippen LogP contribution in [0.3, 0.4) is 0 Å². The maximum absolute atomic E-state index is 13.6. The van der Waals surface area contributed by atoms with Gasteiger partial charge >= 0.3 is 0 Å². The number of hydrogen-bond acceptors (Lipinski definition) is 4. The summed E-state index contributed by atoms with van der Waals surface area (Å²) in [5, 5.41) is 3.29. The molecule has 1 atom stereocenters. The Labute approximate surface area is 214 Å². The highest BCUT2D eigenvalue weighted by atomic mass is 35.5. The second kappa shape index (κ2) is 13.5. The van der Waals surface area contributed by atoms with Crippen molar-refractivity contribution < 1.29 is 18.0 Å². The molecule has 1 N–H and O–H groups in total. The Morgan fingerprint density at radius 2 is 1.77 bits per heavy atom. The van der Waals surface area contributed by atoms with Gasteiger partial charge in [-0.05, 0) is 49.4 Å². The van der Waals surface area contributed by atoms with Gasteiger partial charge in [0.2, 0.25) is 21.8 Å². The van der Waals surface area contributed by atoms with Crippen molar-refractivity contribution in [1.29, 1.82) is 0 Å². The van der Waals surface area contributed by atoms with E-state index in [9.17, 15) is 18.0 Å². The largest absolute Gasteiger partial charge is 0.354 e. The molecule has 0 aliphatic carbocycles. The lowest BCUT2D eigenvalue weighted by atomic mass is 10.1. The van der Waals surface area contributed by atoms with Crippen molar-refractivity contribution in [3.05, 3.63) is 64.7 Å². The van der Waals surface area contributed by atoms with Gasteiger partial charge in [0.15, 0.2) is 0 Å². The first-order valence-electron chi connectivity index (χ1n) is 11.9. The molecule has 7 nitrogen and oxygen atoms in total. The summed E-state index contributed by atoms with van der Waals surface area (Å²) in [5.41, 5.74) is 2.04. The highest BCUT2D eigenvalue weighted by molar-refractivity contribution is 7.92. The van der Waals surface area contributed by atoms with Crippen molar-refractivity contribution in [2.45, 2.75) is 52.5 Å². The number of carbonyl (C=O) groups excluding carboxylic acids is 2. The number of halogens is 1. The van der Waals surface area contributed by atoms with Gasteiger partial charge in [-0.2, -0.15) is 0 Å². The van der Waals surface area contributed by atoms with Gasteiger partial charge in [0, 0.05) is 18.1 Å². The summed E-state index contributed by atoms with van der Waals surface area (Å²) in [4.78, 5) is 28.1. The van der Waals surface area contributed by atoms with E-state index in [2.05, 4.69) is 5.32 Å². The molecule has 2 aromatic carbocycles. The number of aryl methyl sites for hydroxylation is 1. The molecule has 0 saturated carbocycles. The molecule has 2 rings (SSSR count). The van der Waals surface area contributed by atoms with Crippen molar-refractivity contribution >= 4 is 39.1 Å². The number of rotatable bonds is 13. The number of hydrogen-bond donors (Lipinski definition) is 1. The molecular formula is C26H36ClN3O4S. The Balaban J connectivity index is 2.37. The first-order chi connectivity index (χ1) is 16.6. The number of anilines is 1. The summed E-state index contributed by atoms with van der Waals surface area (Å²) >= 11 is 6.13. The van der Waals surface area contributed by atoms with Crippen molar-refractivity contribution in [2.24, 2.45) is 0 Å². The summed E-state index contributed by atoms with van der Waals surface area (Å²) in [6.45, 7) is 6.04. The zero-order valence-corrected chi connectivity index (χ0v) is 22.5. The third-order valence-electron chi connectivity index (χ3n) is 5.82. The monoisotopic (exact) mass is 521 g/mol. The number of carbonyl (C=O) groups is 2. The third kappa shape index (κ3) is 8.54. The van der Waals surface area contributed by atoms with Crippen LogP contribution in [0.1, 0.15) is 44.2 Å². The molecule has 0 heterocycles. The lowest BCUT2D eigenvalue weighted by molar-refractivity contribution is -0.139. The molecule has 0 bridgehead atoms. The van der Waals surface area contributed by atoms with Crippen LogP contribution in [0.2, 0.25) is 5.02 Å². The molecule has 0 aromatic heterocycles. The maximum atomic E-state index is 13.6. The number of nitrogens with zero attached hydrogens (tertiary/aromatic N) is 2. The van der Waals surface area contributed by atoms with E-state index in [1.807, 2.05) is 44.2 Å². The Morgan fingerprint density at radius 3 is 2.37 bits per heavy atom. The number of benzene rings is 2. The molecule has 2 aromatic rings. The third-order valence-corrected chi connectivity index (χ3v) is 7.18. The fourth-order valence-electron chi connectivity index (χ4n) is 3.85. The number of nitrogens with one attached hydrogen (secondary N) is 1. The Morgan fingerprint density at radius 1 is 1.09 bits per heavy atom. The molecule has 2 amide bonds. The summed E-state index contributed by atoms with van der Waals surface area (Å²) < 4.78 is 26.5. The van der Waals surface area contributed by atoms with E-state index in [0.717, 1.165) is 29.0 Å². The van der Waals surface area contributed by atoms with Gasteiger partial charge in [-0.25, -0.2) is 8.42 Å². The molecule has 0 unspecified atom stereocenters. The van der Waals surface area contributed by atoms with E-state index < -0.39 is 28.5 Å². The second-order valence-corrected chi connectivity index (χ2v) is 10.9. The van der Waals surface area contributed by atoms with E-state index in [1.54, 1.807) is 19.1 Å². The molecule has 0 spiro atoms. The van der Waals surface area contributed by atoms with E-state index in [-0.39, 0.29) is 12.5 Å². The van der Waals surface area contributed by atoms with Crippen LogP contribution < -0.4 is 9.62 Å². The van der Waals surface area contributed by atoms with Crippen molar-refractivity contribution in [3.63, 3.8) is 0 Å². The van der Waals surface area contributed by atoms with Crippen molar-refractivity contribution in [2.75, 3.05) is 30.2 Å². The van der Waals surface area contributed by atoms with Gasteiger partial charge in [-0.1, -0.05) is 68.3 Å².